The van der Waals surface area contributed by atoms with Crippen LogP contribution >= 0.6 is 0 Å². The van der Waals surface area contributed by atoms with E-state index in [1.165, 1.54) is 87.2 Å². The number of rotatable bonds is 6. The van der Waals surface area contributed by atoms with Gasteiger partial charge in [-0.2, -0.15) is 0 Å². The highest BCUT2D eigenvalue weighted by molar-refractivity contribution is 6.15. The molecule has 0 fully saturated rings. The maximum Gasteiger partial charge on any atom is 0.0467 e. The van der Waals surface area contributed by atoms with Crippen molar-refractivity contribution in [3.05, 3.63) is 224 Å². The lowest BCUT2D eigenvalue weighted by atomic mass is 9.92. The van der Waals surface area contributed by atoms with E-state index in [1.54, 1.807) is 0 Å². The Morgan fingerprint density at radius 3 is 1.19 bits per heavy atom. The van der Waals surface area contributed by atoms with Gasteiger partial charge in [-0.05, 0) is 142 Å². The topological polar surface area (TPSA) is 3.24 Å². The van der Waals surface area contributed by atoms with Crippen molar-refractivity contribution in [3.8, 4) is 33.4 Å². The van der Waals surface area contributed by atoms with Crippen LogP contribution in [0.15, 0.2) is 224 Å². The normalized spacial score (nSPS) is 11.5. The molecular formula is C56H37N. The van der Waals surface area contributed by atoms with E-state index in [-0.39, 0.29) is 0 Å². The van der Waals surface area contributed by atoms with E-state index in [9.17, 15) is 0 Å². The highest BCUT2D eigenvalue weighted by Gasteiger charge is 2.17. The Kier molecular flexibility index (Phi) is 7.89. The number of hydrogen-bond acceptors (Lipinski definition) is 1. The average molecular weight is 724 g/mol. The molecule has 0 N–H and O–H groups in total. The van der Waals surface area contributed by atoms with Gasteiger partial charge < -0.3 is 4.90 Å². The molecule has 11 aromatic carbocycles. The van der Waals surface area contributed by atoms with E-state index < -0.39 is 0 Å². The molecule has 0 heterocycles. The second-order valence-electron chi connectivity index (χ2n) is 14.9. The van der Waals surface area contributed by atoms with Crippen molar-refractivity contribution in [2.24, 2.45) is 0 Å². The van der Waals surface area contributed by atoms with E-state index in [0.717, 1.165) is 17.1 Å². The summed E-state index contributed by atoms with van der Waals surface area (Å²) in [6.07, 6.45) is 0. The van der Waals surface area contributed by atoms with Gasteiger partial charge in [-0.3, -0.25) is 0 Å². The van der Waals surface area contributed by atoms with Gasteiger partial charge in [0.05, 0.1) is 0 Å². The monoisotopic (exact) mass is 723 g/mol. The lowest BCUT2D eigenvalue weighted by molar-refractivity contribution is 1.28. The summed E-state index contributed by atoms with van der Waals surface area (Å²) in [6, 6.07) is 82.1. The summed E-state index contributed by atoms with van der Waals surface area (Å²) in [5.74, 6) is 0. The van der Waals surface area contributed by atoms with Gasteiger partial charge in [0.2, 0.25) is 0 Å². The molecule has 0 radical (unpaired) electrons. The highest BCUT2D eigenvalue weighted by Crippen LogP contribution is 2.43. The summed E-state index contributed by atoms with van der Waals surface area (Å²) in [5, 5.41) is 12.6. The second kappa shape index (κ2) is 13.7. The van der Waals surface area contributed by atoms with Gasteiger partial charge in [0, 0.05) is 17.1 Å². The third-order valence-corrected chi connectivity index (χ3v) is 11.6. The van der Waals surface area contributed by atoms with Crippen LogP contribution in [0.3, 0.4) is 0 Å². The molecule has 0 aliphatic carbocycles. The van der Waals surface area contributed by atoms with Crippen LogP contribution in [0.25, 0.3) is 87.2 Å². The van der Waals surface area contributed by atoms with Crippen LogP contribution in [0, 0.1) is 0 Å². The molecule has 266 valence electrons. The van der Waals surface area contributed by atoms with Crippen molar-refractivity contribution in [2.45, 2.75) is 0 Å². The van der Waals surface area contributed by atoms with Crippen LogP contribution in [0.4, 0.5) is 17.1 Å². The number of hydrogen-bond donors (Lipinski definition) is 0. The van der Waals surface area contributed by atoms with Crippen molar-refractivity contribution in [1.29, 1.82) is 0 Å². The maximum atomic E-state index is 2.41. The van der Waals surface area contributed by atoms with E-state index in [4.69, 9.17) is 0 Å². The SMILES string of the molecule is c1cc(-c2cc3ccccc3c3ccccc23)cc(N(c2ccc(-c3ccc4ccccc4c3)cc2)c2cccc(-c3cc4ccccc4c4ccccc34)c2)c1. The zero-order valence-electron chi connectivity index (χ0n) is 31.3. The lowest BCUT2D eigenvalue weighted by Crippen LogP contribution is -2.10. The van der Waals surface area contributed by atoms with Crippen LogP contribution in [-0.4, -0.2) is 0 Å². The molecule has 0 spiro atoms. The van der Waals surface area contributed by atoms with Crippen LogP contribution in [0.5, 0.6) is 0 Å². The molecule has 11 aromatic rings. The molecule has 0 aromatic heterocycles. The van der Waals surface area contributed by atoms with Crippen LogP contribution < -0.4 is 4.90 Å². The Morgan fingerprint density at radius 2 is 0.649 bits per heavy atom. The van der Waals surface area contributed by atoms with Gasteiger partial charge in [0.15, 0.2) is 0 Å². The minimum absolute atomic E-state index is 1.10. The van der Waals surface area contributed by atoms with E-state index >= 15 is 0 Å². The van der Waals surface area contributed by atoms with Crippen molar-refractivity contribution < 1.29 is 0 Å². The number of fused-ring (bicyclic) bond motifs is 7. The number of anilines is 3. The molecule has 57 heavy (non-hydrogen) atoms. The lowest BCUT2D eigenvalue weighted by Gasteiger charge is -2.27. The summed E-state index contributed by atoms with van der Waals surface area (Å²) in [6.45, 7) is 0. The molecule has 1 heteroatoms. The average Bonchev–Trinajstić information content (AvgIpc) is 3.29. The molecule has 11 rings (SSSR count). The van der Waals surface area contributed by atoms with Gasteiger partial charge in [-0.15, -0.1) is 0 Å². The minimum Gasteiger partial charge on any atom is -0.310 e. The third kappa shape index (κ3) is 5.80. The van der Waals surface area contributed by atoms with Crippen molar-refractivity contribution >= 4 is 70.9 Å². The Hall–Kier alpha value is -7.48. The predicted molar refractivity (Wildman–Crippen MR) is 245 cm³/mol. The predicted octanol–water partition coefficient (Wildman–Crippen LogP) is 15.9. The maximum absolute atomic E-state index is 2.41. The van der Waals surface area contributed by atoms with Gasteiger partial charge >= 0.3 is 0 Å². The molecule has 0 aliphatic heterocycles. The van der Waals surface area contributed by atoms with E-state index in [1.807, 2.05) is 0 Å². The summed E-state index contributed by atoms with van der Waals surface area (Å²) in [4.78, 5) is 2.41. The molecule has 1 nitrogen and oxygen atoms in total. The fourth-order valence-electron chi connectivity index (χ4n) is 8.83. The molecule has 0 bridgehead atoms. The first kappa shape index (κ1) is 32.9. The first-order chi connectivity index (χ1) is 28.2. The Labute approximate surface area is 332 Å². The smallest absolute Gasteiger partial charge is 0.0467 e. The zero-order valence-corrected chi connectivity index (χ0v) is 31.3. The van der Waals surface area contributed by atoms with E-state index in [0.29, 0.717) is 0 Å². The zero-order chi connectivity index (χ0) is 37.7. The van der Waals surface area contributed by atoms with Crippen molar-refractivity contribution in [2.75, 3.05) is 4.90 Å². The van der Waals surface area contributed by atoms with Gasteiger partial charge in [0.25, 0.3) is 0 Å². The molecule has 0 aliphatic rings. The van der Waals surface area contributed by atoms with Crippen molar-refractivity contribution in [1.82, 2.24) is 0 Å². The highest BCUT2D eigenvalue weighted by atomic mass is 15.1. The minimum atomic E-state index is 1.10. The first-order valence-electron chi connectivity index (χ1n) is 19.7. The fourth-order valence-corrected chi connectivity index (χ4v) is 8.83. The molecular weight excluding hydrogens is 687 g/mol. The first-order valence-corrected chi connectivity index (χ1v) is 19.7. The number of nitrogens with zero attached hydrogens (tertiary/aromatic N) is 1. The third-order valence-electron chi connectivity index (χ3n) is 11.6. The van der Waals surface area contributed by atoms with Crippen LogP contribution in [0.1, 0.15) is 0 Å². The Bertz CT molecular complexity index is 3140. The molecule has 0 saturated heterocycles. The Balaban J connectivity index is 1.08. The fraction of sp³-hybridized carbons (Fsp3) is 0. The van der Waals surface area contributed by atoms with E-state index in [2.05, 4.69) is 229 Å². The van der Waals surface area contributed by atoms with Crippen molar-refractivity contribution in [3.63, 3.8) is 0 Å². The van der Waals surface area contributed by atoms with Gasteiger partial charge in [-0.1, -0.05) is 170 Å². The number of benzene rings is 11. The quantitative estimate of drug-likeness (QED) is 0.154. The molecule has 0 amide bonds. The summed E-state index contributed by atoms with van der Waals surface area (Å²) in [7, 11) is 0. The Morgan fingerprint density at radius 1 is 0.211 bits per heavy atom. The van der Waals surface area contributed by atoms with Crippen LogP contribution in [-0.2, 0) is 0 Å². The van der Waals surface area contributed by atoms with Crippen LogP contribution in [0.2, 0.25) is 0 Å². The molecule has 0 unspecified atom stereocenters. The largest absolute Gasteiger partial charge is 0.310 e. The summed E-state index contributed by atoms with van der Waals surface area (Å²) >= 11 is 0. The van der Waals surface area contributed by atoms with Gasteiger partial charge in [-0.25, -0.2) is 0 Å². The summed E-state index contributed by atoms with van der Waals surface area (Å²) < 4.78 is 0. The second-order valence-corrected chi connectivity index (χ2v) is 14.9. The summed E-state index contributed by atoms with van der Waals surface area (Å²) in [5.41, 5.74) is 10.5. The molecule has 0 saturated carbocycles. The standard InChI is InChI=1S/C56H37N/c1-2-14-40-33-41(28-27-38(40)13-1)39-29-31-46(32-30-39)57(47-19-11-17-42(34-47)55-36-44-15-3-5-21-49(44)51-23-7-9-25-53(51)55)48-20-12-18-43(35-48)56-37-45-16-4-6-22-50(45)52-24-8-10-26-54(52)56/h1-37H. The van der Waals surface area contributed by atoms with Gasteiger partial charge in [0.1, 0.15) is 0 Å². The molecule has 0 atom stereocenters.